The molecule has 0 aliphatic heterocycles. The van der Waals surface area contributed by atoms with Crippen LogP contribution in [0.25, 0.3) is 0 Å². The molecule has 0 radical (unpaired) electrons. The van der Waals surface area contributed by atoms with Crippen LogP contribution in [-0.4, -0.2) is 13.1 Å². The maximum atomic E-state index is 12.7. The molecule has 19 heavy (non-hydrogen) atoms. The molecule has 0 heterocycles. The number of rotatable bonds is 3. The van der Waals surface area contributed by atoms with Gasteiger partial charge in [-0.25, -0.2) is 14.6 Å². The second-order valence-electron chi connectivity index (χ2n) is 3.97. The smallest absolute Gasteiger partial charge is 0.307 e. The fraction of sp³-hybridized carbons (Fsp3) is 0.0714. The number of amides is 2. The average molecular weight is 259 g/mol. The first-order valence-corrected chi connectivity index (χ1v) is 5.77. The molecule has 0 bridgehead atoms. The van der Waals surface area contributed by atoms with Gasteiger partial charge in [-0.3, -0.25) is 5.01 Å². The van der Waals surface area contributed by atoms with E-state index in [9.17, 15) is 9.18 Å². The number of carbonyl (C=O) groups excluding carboxylic acids is 1. The van der Waals surface area contributed by atoms with E-state index in [0.29, 0.717) is 5.69 Å². The summed E-state index contributed by atoms with van der Waals surface area (Å²) in [4.78, 5) is 11.7. The van der Waals surface area contributed by atoms with E-state index in [1.807, 2.05) is 30.3 Å². The first kappa shape index (κ1) is 12.9. The van der Waals surface area contributed by atoms with Crippen molar-refractivity contribution in [2.24, 2.45) is 0 Å². The van der Waals surface area contributed by atoms with Crippen LogP contribution >= 0.6 is 0 Å². The Hall–Kier alpha value is -2.56. The lowest BCUT2D eigenvalue weighted by atomic mass is 10.3. The molecular formula is C14H14FN3O. The highest BCUT2D eigenvalue weighted by molar-refractivity contribution is 5.90. The van der Waals surface area contributed by atoms with Gasteiger partial charge in [0.25, 0.3) is 0 Å². The summed E-state index contributed by atoms with van der Waals surface area (Å²) in [5.74, 6) is -0.340. The largest absolute Gasteiger partial charge is 0.338 e. The zero-order valence-corrected chi connectivity index (χ0v) is 10.4. The van der Waals surface area contributed by atoms with Gasteiger partial charge >= 0.3 is 6.03 Å². The lowest BCUT2D eigenvalue weighted by Gasteiger charge is -2.20. The molecule has 0 fully saturated rings. The number of hydrogen-bond acceptors (Lipinski definition) is 2. The van der Waals surface area contributed by atoms with Gasteiger partial charge in [-0.15, -0.1) is 0 Å². The molecule has 0 saturated carbocycles. The number of hydrazine groups is 1. The Labute approximate surface area is 110 Å². The minimum Gasteiger partial charge on any atom is -0.307 e. The van der Waals surface area contributed by atoms with E-state index < -0.39 is 6.03 Å². The molecule has 2 aromatic rings. The summed E-state index contributed by atoms with van der Waals surface area (Å²) < 4.78 is 12.7. The molecule has 2 amide bonds. The monoisotopic (exact) mass is 259 g/mol. The SMILES string of the molecule is CN(NC(=O)Nc1ccc(F)cc1)c1ccccc1. The van der Waals surface area contributed by atoms with Gasteiger partial charge in [0, 0.05) is 12.7 Å². The molecule has 0 saturated heterocycles. The van der Waals surface area contributed by atoms with Crippen LogP contribution in [0.1, 0.15) is 0 Å². The summed E-state index contributed by atoms with van der Waals surface area (Å²) in [6.45, 7) is 0. The number of halogens is 1. The first-order chi connectivity index (χ1) is 9.15. The maximum absolute atomic E-state index is 12.7. The predicted octanol–water partition coefficient (Wildman–Crippen LogP) is 3.00. The normalized spacial score (nSPS) is 9.79. The van der Waals surface area contributed by atoms with Crippen molar-refractivity contribution in [1.82, 2.24) is 5.43 Å². The standard InChI is InChI=1S/C14H14FN3O/c1-18(13-5-3-2-4-6-13)17-14(19)16-12-9-7-11(15)8-10-12/h2-10H,1H3,(H2,16,17,19). The van der Waals surface area contributed by atoms with Gasteiger partial charge < -0.3 is 5.32 Å². The number of urea groups is 1. The van der Waals surface area contributed by atoms with Crippen LogP contribution in [0, 0.1) is 5.82 Å². The minimum atomic E-state index is -0.391. The van der Waals surface area contributed by atoms with E-state index in [-0.39, 0.29) is 5.82 Å². The molecule has 0 atom stereocenters. The van der Waals surface area contributed by atoms with Gasteiger partial charge in [-0.05, 0) is 36.4 Å². The van der Waals surface area contributed by atoms with Crippen molar-refractivity contribution in [2.45, 2.75) is 0 Å². The number of hydrogen-bond donors (Lipinski definition) is 2. The number of para-hydroxylation sites is 1. The van der Waals surface area contributed by atoms with Crippen LogP contribution < -0.4 is 15.8 Å². The number of nitrogens with zero attached hydrogens (tertiary/aromatic N) is 1. The van der Waals surface area contributed by atoms with Crippen LogP contribution in [-0.2, 0) is 0 Å². The summed E-state index contributed by atoms with van der Waals surface area (Å²) >= 11 is 0. The van der Waals surface area contributed by atoms with Crippen molar-refractivity contribution in [3.05, 3.63) is 60.4 Å². The molecule has 2 rings (SSSR count). The average Bonchev–Trinajstić information content (AvgIpc) is 2.42. The van der Waals surface area contributed by atoms with E-state index in [2.05, 4.69) is 10.7 Å². The van der Waals surface area contributed by atoms with Crippen LogP contribution in [0.3, 0.4) is 0 Å². The quantitative estimate of drug-likeness (QED) is 0.832. The second kappa shape index (κ2) is 5.86. The van der Waals surface area contributed by atoms with Crippen molar-refractivity contribution in [1.29, 1.82) is 0 Å². The van der Waals surface area contributed by atoms with Crippen molar-refractivity contribution < 1.29 is 9.18 Å². The van der Waals surface area contributed by atoms with Gasteiger partial charge in [0.1, 0.15) is 5.82 Å². The van der Waals surface area contributed by atoms with E-state index in [4.69, 9.17) is 0 Å². The van der Waals surface area contributed by atoms with Crippen molar-refractivity contribution in [3.8, 4) is 0 Å². The summed E-state index contributed by atoms with van der Waals surface area (Å²) in [5.41, 5.74) is 4.04. The number of benzene rings is 2. The summed E-state index contributed by atoms with van der Waals surface area (Å²) in [6.07, 6.45) is 0. The van der Waals surface area contributed by atoms with Crippen LogP contribution in [0.5, 0.6) is 0 Å². The fourth-order valence-electron chi connectivity index (χ4n) is 1.56. The van der Waals surface area contributed by atoms with Gasteiger partial charge in [-0.2, -0.15) is 0 Å². The molecule has 0 aliphatic carbocycles. The van der Waals surface area contributed by atoms with E-state index >= 15 is 0 Å². The summed E-state index contributed by atoms with van der Waals surface area (Å²) in [7, 11) is 1.74. The molecule has 2 N–H and O–H groups in total. The third-order valence-electron chi connectivity index (χ3n) is 2.51. The Bertz CT molecular complexity index is 542. The predicted molar refractivity (Wildman–Crippen MR) is 73.4 cm³/mol. The Morgan fingerprint density at radius 1 is 1.05 bits per heavy atom. The molecule has 5 heteroatoms. The first-order valence-electron chi connectivity index (χ1n) is 5.77. The van der Waals surface area contributed by atoms with Gasteiger partial charge in [-0.1, -0.05) is 18.2 Å². The topological polar surface area (TPSA) is 44.4 Å². The summed E-state index contributed by atoms with van der Waals surface area (Å²) in [6, 6.07) is 14.6. The lowest BCUT2D eigenvalue weighted by molar-refractivity contribution is 0.251. The Kier molecular flexibility index (Phi) is 3.97. The van der Waals surface area contributed by atoms with Crippen molar-refractivity contribution in [2.75, 3.05) is 17.4 Å². The van der Waals surface area contributed by atoms with Crippen molar-refractivity contribution >= 4 is 17.4 Å². The van der Waals surface area contributed by atoms with Gasteiger partial charge in [0.2, 0.25) is 0 Å². The Balaban J connectivity index is 1.93. The van der Waals surface area contributed by atoms with Crippen LogP contribution in [0.2, 0.25) is 0 Å². The van der Waals surface area contributed by atoms with E-state index in [0.717, 1.165) is 5.69 Å². The fourth-order valence-corrected chi connectivity index (χ4v) is 1.56. The molecular weight excluding hydrogens is 245 g/mol. The van der Waals surface area contributed by atoms with Gasteiger partial charge in [0.15, 0.2) is 0 Å². The number of anilines is 2. The molecule has 4 nitrogen and oxygen atoms in total. The lowest BCUT2D eigenvalue weighted by Crippen LogP contribution is -2.42. The third-order valence-corrected chi connectivity index (χ3v) is 2.51. The number of carbonyl (C=O) groups is 1. The zero-order valence-electron chi connectivity index (χ0n) is 10.4. The van der Waals surface area contributed by atoms with Crippen molar-refractivity contribution in [3.63, 3.8) is 0 Å². The van der Waals surface area contributed by atoms with Crippen LogP contribution in [0.4, 0.5) is 20.6 Å². The Morgan fingerprint density at radius 2 is 1.68 bits per heavy atom. The molecule has 0 aromatic heterocycles. The maximum Gasteiger partial charge on any atom is 0.338 e. The van der Waals surface area contributed by atoms with Gasteiger partial charge in [0.05, 0.1) is 5.69 Å². The van der Waals surface area contributed by atoms with E-state index in [1.165, 1.54) is 24.3 Å². The summed E-state index contributed by atoms with van der Waals surface area (Å²) in [5, 5.41) is 4.21. The highest BCUT2D eigenvalue weighted by Gasteiger charge is 2.05. The highest BCUT2D eigenvalue weighted by atomic mass is 19.1. The minimum absolute atomic E-state index is 0.340. The molecule has 0 spiro atoms. The molecule has 0 unspecified atom stereocenters. The second-order valence-corrected chi connectivity index (χ2v) is 3.97. The van der Waals surface area contributed by atoms with Crippen LogP contribution in [0.15, 0.2) is 54.6 Å². The molecule has 0 aliphatic rings. The van der Waals surface area contributed by atoms with E-state index in [1.54, 1.807) is 12.1 Å². The highest BCUT2D eigenvalue weighted by Crippen LogP contribution is 2.10. The Morgan fingerprint density at radius 3 is 2.32 bits per heavy atom. The number of nitrogens with one attached hydrogen (secondary N) is 2. The zero-order chi connectivity index (χ0) is 13.7. The molecule has 98 valence electrons. The molecule has 2 aromatic carbocycles. The third kappa shape index (κ3) is 3.70.